The molecule has 0 amide bonds. The van der Waals surface area contributed by atoms with E-state index >= 15 is 0 Å². The molecule has 0 N–H and O–H groups in total. The van der Waals surface area contributed by atoms with Crippen LogP contribution in [0.3, 0.4) is 0 Å². The molecule has 1 aromatic carbocycles. The van der Waals surface area contributed by atoms with Crippen molar-refractivity contribution in [2.75, 3.05) is 6.61 Å². The molecule has 0 bridgehead atoms. The van der Waals surface area contributed by atoms with E-state index in [2.05, 4.69) is 0 Å². The standard InChI is InChI=1S/C13H16Cl2O2/c1-2-16-13-11(15)7-12(13)17-8-9-4-3-5-10(14)6-9/h3-6,11-13H,2,7-8H2,1H3. The van der Waals surface area contributed by atoms with E-state index in [0.717, 1.165) is 17.0 Å². The maximum Gasteiger partial charge on any atom is 0.100 e. The van der Waals surface area contributed by atoms with Gasteiger partial charge in [-0.25, -0.2) is 0 Å². The smallest absolute Gasteiger partial charge is 0.100 e. The predicted octanol–water partition coefficient (Wildman–Crippen LogP) is 3.64. The Balaban J connectivity index is 1.82. The van der Waals surface area contributed by atoms with E-state index in [9.17, 15) is 0 Å². The number of halogens is 2. The second-order valence-corrected chi connectivity index (χ2v) is 5.15. The van der Waals surface area contributed by atoms with E-state index in [1.807, 2.05) is 31.2 Å². The van der Waals surface area contributed by atoms with Gasteiger partial charge >= 0.3 is 0 Å². The lowest BCUT2D eigenvalue weighted by molar-refractivity contribution is -0.127. The first-order chi connectivity index (χ1) is 8.20. The Morgan fingerprint density at radius 2 is 2.18 bits per heavy atom. The van der Waals surface area contributed by atoms with E-state index < -0.39 is 0 Å². The van der Waals surface area contributed by atoms with Crippen LogP contribution in [0.25, 0.3) is 0 Å². The minimum absolute atomic E-state index is 0.0286. The second kappa shape index (κ2) is 6.05. The molecular weight excluding hydrogens is 259 g/mol. The van der Waals surface area contributed by atoms with Crippen molar-refractivity contribution < 1.29 is 9.47 Å². The number of hydrogen-bond acceptors (Lipinski definition) is 2. The van der Waals surface area contributed by atoms with Crippen molar-refractivity contribution in [1.29, 1.82) is 0 Å². The quantitative estimate of drug-likeness (QED) is 0.764. The van der Waals surface area contributed by atoms with Crippen molar-refractivity contribution in [3.8, 4) is 0 Å². The van der Waals surface area contributed by atoms with Crippen LogP contribution in [0.2, 0.25) is 5.02 Å². The second-order valence-electron chi connectivity index (χ2n) is 4.15. The number of hydrogen-bond donors (Lipinski definition) is 0. The lowest BCUT2D eigenvalue weighted by Gasteiger charge is -2.40. The number of ether oxygens (including phenoxy) is 2. The molecule has 4 heteroatoms. The third-order valence-electron chi connectivity index (χ3n) is 2.89. The highest BCUT2D eigenvalue weighted by molar-refractivity contribution is 6.30. The van der Waals surface area contributed by atoms with E-state index in [4.69, 9.17) is 32.7 Å². The summed E-state index contributed by atoms with van der Waals surface area (Å²) >= 11 is 12.0. The van der Waals surface area contributed by atoms with Crippen LogP contribution in [0.5, 0.6) is 0 Å². The van der Waals surface area contributed by atoms with Crippen molar-refractivity contribution in [1.82, 2.24) is 0 Å². The van der Waals surface area contributed by atoms with Gasteiger partial charge in [0.05, 0.1) is 18.1 Å². The molecule has 1 saturated carbocycles. The van der Waals surface area contributed by atoms with Crippen molar-refractivity contribution >= 4 is 23.2 Å². The molecule has 94 valence electrons. The SMILES string of the molecule is CCOC1C(Cl)CC1OCc1cccc(Cl)c1. The molecule has 1 aliphatic carbocycles. The lowest BCUT2D eigenvalue weighted by Crippen LogP contribution is -2.50. The topological polar surface area (TPSA) is 18.5 Å². The molecule has 0 radical (unpaired) electrons. The fourth-order valence-corrected chi connectivity index (χ4v) is 2.55. The van der Waals surface area contributed by atoms with Gasteiger partial charge in [-0.2, -0.15) is 0 Å². The van der Waals surface area contributed by atoms with Gasteiger partial charge in [0.15, 0.2) is 0 Å². The molecule has 2 nitrogen and oxygen atoms in total. The highest BCUT2D eigenvalue weighted by atomic mass is 35.5. The van der Waals surface area contributed by atoms with Gasteiger partial charge < -0.3 is 9.47 Å². The van der Waals surface area contributed by atoms with Crippen molar-refractivity contribution in [2.24, 2.45) is 0 Å². The first-order valence-electron chi connectivity index (χ1n) is 5.82. The zero-order valence-corrected chi connectivity index (χ0v) is 11.2. The van der Waals surface area contributed by atoms with E-state index in [1.54, 1.807) is 0 Å². The molecule has 3 atom stereocenters. The normalized spacial score (nSPS) is 27.8. The van der Waals surface area contributed by atoms with Crippen LogP contribution in [-0.4, -0.2) is 24.2 Å². The minimum atomic E-state index is 0.0286. The number of rotatable bonds is 5. The van der Waals surface area contributed by atoms with Crippen LogP contribution in [0.4, 0.5) is 0 Å². The molecule has 3 unspecified atom stereocenters. The van der Waals surface area contributed by atoms with Crippen LogP contribution in [0, 0.1) is 0 Å². The molecule has 1 aliphatic rings. The van der Waals surface area contributed by atoms with Gasteiger partial charge in [0.1, 0.15) is 6.10 Å². The Hall–Kier alpha value is -0.280. The third kappa shape index (κ3) is 3.35. The van der Waals surface area contributed by atoms with Crippen LogP contribution in [0.1, 0.15) is 18.9 Å². The summed E-state index contributed by atoms with van der Waals surface area (Å²) in [5.74, 6) is 0. The molecule has 0 aliphatic heterocycles. The van der Waals surface area contributed by atoms with Gasteiger partial charge in [-0.3, -0.25) is 0 Å². The van der Waals surface area contributed by atoms with Crippen molar-refractivity contribution in [3.63, 3.8) is 0 Å². The Morgan fingerprint density at radius 1 is 1.35 bits per heavy atom. The highest BCUT2D eigenvalue weighted by Gasteiger charge is 2.41. The van der Waals surface area contributed by atoms with Gasteiger partial charge in [0.25, 0.3) is 0 Å². The van der Waals surface area contributed by atoms with E-state index in [1.165, 1.54) is 0 Å². The summed E-state index contributed by atoms with van der Waals surface area (Å²) in [4.78, 5) is 0. The summed E-state index contributed by atoms with van der Waals surface area (Å²) < 4.78 is 11.3. The maximum atomic E-state index is 6.07. The fraction of sp³-hybridized carbons (Fsp3) is 0.538. The van der Waals surface area contributed by atoms with E-state index in [0.29, 0.717) is 13.2 Å². The Bertz CT molecular complexity index is 370. The zero-order chi connectivity index (χ0) is 12.3. The summed E-state index contributed by atoms with van der Waals surface area (Å²) in [6, 6.07) is 7.69. The maximum absolute atomic E-state index is 6.07. The highest BCUT2D eigenvalue weighted by Crippen LogP contribution is 2.32. The van der Waals surface area contributed by atoms with Gasteiger partial charge in [0, 0.05) is 11.6 Å². The summed E-state index contributed by atoms with van der Waals surface area (Å²) in [5, 5.41) is 0.815. The van der Waals surface area contributed by atoms with Gasteiger partial charge in [-0.15, -0.1) is 11.6 Å². The summed E-state index contributed by atoms with van der Waals surface area (Å²) in [5.41, 5.74) is 1.07. The van der Waals surface area contributed by atoms with Crippen molar-refractivity contribution in [3.05, 3.63) is 34.9 Å². The Labute approximate surface area is 112 Å². The molecular formula is C13H16Cl2O2. The Morgan fingerprint density at radius 3 is 2.82 bits per heavy atom. The van der Waals surface area contributed by atoms with Gasteiger partial charge in [-0.1, -0.05) is 23.7 Å². The first-order valence-corrected chi connectivity index (χ1v) is 6.64. The average molecular weight is 275 g/mol. The van der Waals surface area contributed by atoms with Crippen LogP contribution in [0.15, 0.2) is 24.3 Å². The predicted molar refractivity (Wildman–Crippen MR) is 69.7 cm³/mol. The first kappa shape index (κ1) is 13.2. The van der Waals surface area contributed by atoms with Crippen molar-refractivity contribution in [2.45, 2.75) is 37.5 Å². The molecule has 0 heterocycles. The van der Waals surface area contributed by atoms with Crippen LogP contribution in [-0.2, 0) is 16.1 Å². The number of benzene rings is 1. The summed E-state index contributed by atoms with van der Waals surface area (Å²) in [6.45, 7) is 3.19. The van der Waals surface area contributed by atoms with Crippen LogP contribution < -0.4 is 0 Å². The molecule has 17 heavy (non-hydrogen) atoms. The monoisotopic (exact) mass is 274 g/mol. The number of alkyl halides is 1. The summed E-state index contributed by atoms with van der Waals surface area (Å²) in [6.07, 6.45) is 0.990. The summed E-state index contributed by atoms with van der Waals surface area (Å²) in [7, 11) is 0. The molecule has 2 rings (SSSR count). The molecule has 0 spiro atoms. The Kier molecular flexibility index (Phi) is 4.69. The molecule has 0 aromatic heterocycles. The van der Waals surface area contributed by atoms with Gasteiger partial charge in [0.2, 0.25) is 0 Å². The molecule has 1 fully saturated rings. The van der Waals surface area contributed by atoms with Gasteiger partial charge in [-0.05, 0) is 31.0 Å². The molecule has 1 aromatic rings. The van der Waals surface area contributed by atoms with Crippen LogP contribution >= 0.6 is 23.2 Å². The third-order valence-corrected chi connectivity index (χ3v) is 3.55. The fourth-order valence-electron chi connectivity index (χ4n) is 1.92. The zero-order valence-electron chi connectivity index (χ0n) is 9.74. The average Bonchev–Trinajstić information content (AvgIpc) is 2.31. The lowest BCUT2D eigenvalue weighted by atomic mass is 9.91. The molecule has 0 saturated heterocycles. The minimum Gasteiger partial charge on any atom is -0.374 e. The largest absolute Gasteiger partial charge is 0.374 e. The van der Waals surface area contributed by atoms with E-state index in [-0.39, 0.29) is 17.6 Å².